The van der Waals surface area contributed by atoms with Crippen molar-refractivity contribution in [3.63, 3.8) is 0 Å². The minimum atomic E-state index is 0.676. The van der Waals surface area contributed by atoms with E-state index < -0.39 is 0 Å². The maximum atomic E-state index is 5.90. The second-order valence-electron chi connectivity index (χ2n) is 2.81. The molecule has 1 aromatic carbocycles. The zero-order valence-electron chi connectivity index (χ0n) is 7.62. The Morgan fingerprint density at radius 1 is 1.36 bits per heavy atom. The molecule has 14 heavy (non-hydrogen) atoms. The molecule has 0 spiro atoms. The lowest BCUT2D eigenvalue weighted by Gasteiger charge is -2.06. The topological polar surface area (TPSA) is 37.9 Å². The molecule has 2 aromatic rings. The molecule has 3 nitrogen and oxygen atoms in total. The molecule has 72 valence electrons. The first-order valence-electron chi connectivity index (χ1n) is 4.14. The summed E-state index contributed by atoms with van der Waals surface area (Å²) in [5.41, 5.74) is 1.81. The summed E-state index contributed by atoms with van der Waals surface area (Å²) in [6.07, 6.45) is 1.69. The summed E-state index contributed by atoms with van der Waals surface area (Å²) in [4.78, 5) is 0. The van der Waals surface area contributed by atoms with Gasteiger partial charge in [0.15, 0.2) is 0 Å². The molecule has 0 aliphatic rings. The molecule has 0 unspecified atom stereocenters. The van der Waals surface area contributed by atoms with Crippen LogP contribution in [-0.2, 0) is 0 Å². The molecule has 2 rings (SSSR count). The van der Waals surface area contributed by atoms with Crippen molar-refractivity contribution in [2.75, 3.05) is 7.11 Å². The molecule has 0 radical (unpaired) electrons. The quantitative estimate of drug-likeness (QED) is 0.824. The minimum Gasteiger partial charge on any atom is -0.496 e. The van der Waals surface area contributed by atoms with Crippen molar-refractivity contribution in [2.45, 2.75) is 0 Å². The monoisotopic (exact) mass is 208 g/mol. The molecule has 1 heterocycles. The van der Waals surface area contributed by atoms with E-state index in [0.29, 0.717) is 5.02 Å². The van der Waals surface area contributed by atoms with Crippen LogP contribution < -0.4 is 4.74 Å². The highest BCUT2D eigenvalue weighted by Crippen LogP contribution is 2.30. The second-order valence-corrected chi connectivity index (χ2v) is 3.25. The molecule has 0 saturated heterocycles. The molecular formula is C10H9ClN2O. The van der Waals surface area contributed by atoms with Gasteiger partial charge in [-0.2, -0.15) is 5.10 Å². The van der Waals surface area contributed by atoms with Crippen molar-refractivity contribution in [2.24, 2.45) is 0 Å². The molecule has 0 bridgehead atoms. The Bertz CT molecular complexity index is 426. The highest BCUT2D eigenvalue weighted by Gasteiger charge is 2.06. The molecule has 1 aromatic heterocycles. The number of nitrogens with one attached hydrogen (secondary N) is 1. The molecule has 0 saturated carbocycles. The third kappa shape index (κ3) is 1.59. The zero-order chi connectivity index (χ0) is 9.97. The van der Waals surface area contributed by atoms with E-state index in [1.165, 1.54) is 0 Å². The molecule has 4 heteroatoms. The molecule has 0 aliphatic heterocycles. The molecular weight excluding hydrogens is 200 g/mol. The van der Waals surface area contributed by atoms with E-state index in [9.17, 15) is 0 Å². The van der Waals surface area contributed by atoms with E-state index in [2.05, 4.69) is 10.2 Å². The van der Waals surface area contributed by atoms with Crippen molar-refractivity contribution in [3.8, 4) is 17.0 Å². The van der Waals surface area contributed by atoms with E-state index in [4.69, 9.17) is 16.3 Å². The van der Waals surface area contributed by atoms with Crippen LogP contribution in [-0.4, -0.2) is 17.3 Å². The Labute approximate surface area is 86.7 Å². The third-order valence-corrected chi connectivity index (χ3v) is 2.19. The second kappa shape index (κ2) is 3.72. The molecule has 0 amide bonds. The van der Waals surface area contributed by atoms with Gasteiger partial charge in [-0.3, -0.25) is 5.10 Å². The highest BCUT2D eigenvalue weighted by molar-refractivity contribution is 6.30. The number of halogens is 1. The molecule has 0 fully saturated rings. The summed E-state index contributed by atoms with van der Waals surface area (Å²) in [6.45, 7) is 0. The fourth-order valence-corrected chi connectivity index (χ4v) is 1.47. The van der Waals surface area contributed by atoms with Gasteiger partial charge in [-0.25, -0.2) is 0 Å². The van der Waals surface area contributed by atoms with Gasteiger partial charge in [0.05, 0.1) is 12.8 Å². The van der Waals surface area contributed by atoms with E-state index in [1.807, 2.05) is 18.2 Å². The first-order chi connectivity index (χ1) is 6.81. The van der Waals surface area contributed by atoms with Crippen LogP contribution in [0.5, 0.6) is 5.75 Å². The highest BCUT2D eigenvalue weighted by atomic mass is 35.5. The predicted octanol–water partition coefficient (Wildman–Crippen LogP) is 2.74. The van der Waals surface area contributed by atoms with Crippen LogP contribution in [0.4, 0.5) is 0 Å². The Hall–Kier alpha value is -1.48. The fourth-order valence-electron chi connectivity index (χ4n) is 1.30. The summed E-state index contributed by atoms with van der Waals surface area (Å²) < 4.78 is 5.22. The first kappa shape index (κ1) is 9.09. The number of methoxy groups -OCH3 is 1. The molecule has 0 atom stereocenters. The average Bonchev–Trinajstić information content (AvgIpc) is 2.70. The van der Waals surface area contributed by atoms with Crippen LogP contribution in [0.15, 0.2) is 30.5 Å². The molecule has 0 aliphatic carbocycles. The van der Waals surface area contributed by atoms with Crippen LogP contribution in [0.2, 0.25) is 5.02 Å². The predicted molar refractivity (Wildman–Crippen MR) is 55.6 cm³/mol. The number of aromatic nitrogens is 2. The maximum absolute atomic E-state index is 5.90. The number of benzene rings is 1. The number of aromatic amines is 1. The van der Waals surface area contributed by atoms with Crippen LogP contribution >= 0.6 is 11.6 Å². The van der Waals surface area contributed by atoms with Gasteiger partial charge < -0.3 is 4.74 Å². The average molecular weight is 209 g/mol. The van der Waals surface area contributed by atoms with Gasteiger partial charge >= 0.3 is 0 Å². The normalized spacial score (nSPS) is 10.1. The largest absolute Gasteiger partial charge is 0.496 e. The Morgan fingerprint density at radius 3 is 2.86 bits per heavy atom. The van der Waals surface area contributed by atoms with Gasteiger partial charge in [0, 0.05) is 16.8 Å². The fraction of sp³-hybridized carbons (Fsp3) is 0.100. The summed E-state index contributed by atoms with van der Waals surface area (Å²) in [5.74, 6) is 0.777. The van der Waals surface area contributed by atoms with Gasteiger partial charge in [-0.15, -0.1) is 0 Å². The van der Waals surface area contributed by atoms with Gasteiger partial charge in [0.2, 0.25) is 0 Å². The van der Waals surface area contributed by atoms with E-state index in [1.54, 1.807) is 19.4 Å². The number of nitrogens with zero attached hydrogens (tertiary/aromatic N) is 1. The first-order valence-corrected chi connectivity index (χ1v) is 4.52. The van der Waals surface area contributed by atoms with Crippen molar-refractivity contribution in [1.82, 2.24) is 10.2 Å². The van der Waals surface area contributed by atoms with Crippen molar-refractivity contribution >= 4 is 11.6 Å². The Morgan fingerprint density at radius 2 is 2.21 bits per heavy atom. The smallest absolute Gasteiger partial charge is 0.128 e. The van der Waals surface area contributed by atoms with Gasteiger partial charge in [-0.05, 0) is 24.3 Å². The lowest BCUT2D eigenvalue weighted by molar-refractivity contribution is 0.416. The van der Waals surface area contributed by atoms with Crippen molar-refractivity contribution in [3.05, 3.63) is 35.5 Å². The summed E-state index contributed by atoms with van der Waals surface area (Å²) in [5, 5.41) is 7.42. The van der Waals surface area contributed by atoms with E-state index >= 15 is 0 Å². The number of ether oxygens (including phenoxy) is 1. The van der Waals surface area contributed by atoms with Crippen molar-refractivity contribution in [1.29, 1.82) is 0 Å². The van der Waals surface area contributed by atoms with Gasteiger partial charge in [0.1, 0.15) is 5.75 Å². The van der Waals surface area contributed by atoms with E-state index in [0.717, 1.165) is 17.0 Å². The van der Waals surface area contributed by atoms with Crippen LogP contribution in [0.1, 0.15) is 0 Å². The van der Waals surface area contributed by atoms with Gasteiger partial charge in [-0.1, -0.05) is 11.6 Å². The van der Waals surface area contributed by atoms with Crippen molar-refractivity contribution < 1.29 is 4.74 Å². The molecule has 1 N–H and O–H groups in total. The maximum Gasteiger partial charge on any atom is 0.128 e. The third-order valence-electron chi connectivity index (χ3n) is 1.95. The summed E-state index contributed by atoms with van der Waals surface area (Å²) >= 11 is 5.90. The lowest BCUT2D eigenvalue weighted by Crippen LogP contribution is -1.87. The van der Waals surface area contributed by atoms with Crippen LogP contribution in [0.25, 0.3) is 11.3 Å². The minimum absolute atomic E-state index is 0.676. The number of H-pyrrole nitrogens is 1. The Kier molecular flexibility index (Phi) is 2.41. The number of hydrogen-bond donors (Lipinski definition) is 1. The lowest BCUT2D eigenvalue weighted by atomic mass is 10.1. The number of rotatable bonds is 2. The SMILES string of the molecule is COc1ccc(Cl)cc1-c1ccn[nH]1. The van der Waals surface area contributed by atoms with Crippen LogP contribution in [0, 0.1) is 0 Å². The van der Waals surface area contributed by atoms with Crippen LogP contribution in [0.3, 0.4) is 0 Å². The van der Waals surface area contributed by atoms with E-state index in [-0.39, 0.29) is 0 Å². The van der Waals surface area contributed by atoms with Gasteiger partial charge in [0.25, 0.3) is 0 Å². The summed E-state index contributed by atoms with van der Waals surface area (Å²) in [6, 6.07) is 7.33. The summed E-state index contributed by atoms with van der Waals surface area (Å²) in [7, 11) is 1.63. The number of hydrogen-bond acceptors (Lipinski definition) is 2. The standard InChI is InChI=1S/C10H9ClN2O/c1-14-10-3-2-7(11)6-8(10)9-4-5-12-13-9/h2-6H,1H3,(H,12,13). The zero-order valence-corrected chi connectivity index (χ0v) is 8.38. The Balaban J connectivity index is 2.55.